The van der Waals surface area contributed by atoms with Gasteiger partial charge in [0.1, 0.15) is 11.5 Å². The number of aromatic nitrogens is 1. The Balaban J connectivity index is 2.26. The summed E-state index contributed by atoms with van der Waals surface area (Å²) in [5.41, 5.74) is 0.371. The summed E-state index contributed by atoms with van der Waals surface area (Å²) in [6, 6.07) is 3.86. The Kier molecular flexibility index (Phi) is 5.85. The fourth-order valence-electron chi connectivity index (χ4n) is 2.88. The first-order chi connectivity index (χ1) is 10.2. The number of pyridine rings is 1. The Morgan fingerprint density at radius 1 is 1.38 bits per heavy atom. The van der Waals surface area contributed by atoms with Crippen LogP contribution in [0.5, 0.6) is 0 Å². The van der Waals surface area contributed by atoms with Gasteiger partial charge in [-0.1, -0.05) is 31.4 Å². The average Bonchev–Trinajstić information content (AvgIpc) is 2.74. The van der Waals surface area contributed by atoms with Crippen molar-refractivity contribution in [2.24, 2.45) is 0 Å². The summed E-state index contributed by atoms with van der Waals surface area (Å²) in [5.74, 6) is 0.668. The lowest BCUT2D eigenvalue weighted by molar-refractivity contribution is 0.0672. The van der Waals surface area contributed by atoms with E-state index in [-0.39, 0.29) is 5.91 Å². The molecule has 0 saturated carbocycles. The number of anilines is 1. The number of rotatable bonds is 4. The molecule has 2 rings (SSSR count). The largest absolute Gasteiger partial charge is 0.370 e. The third kappa shape index (κ3) is 3.88. The van der Waals surface area contributed by atoms with E-state index in [0.717, 1.165) is 32.4 Å². The molecule has 1 unspecified atom stereocenters. The molecule has 1 saturated heterocycles. The van der Waals surface area contributed by atoms with Crippen molar-refractivity contribution in [1.29, 1.82) is 0 Å². The summed E-state index contributed by atoms with van der Waals surface area (Å²) < 4.78 is 0. The molecule has 1 aromatic rings. The predicted octanol–water partition coefficient (Wildman–Crippen LogP) is 3.96. The van der Waals surface area contributed by atoms with Crippen LogP contribution in [0.4, 0.5) is 5.82 Å². The molecule has 5 heteroatoms. The maximum Gasteiger partial charge on any atom is 0.274 e. The topological polar surface area (TPSA) is 45.2 Å². The van der Waals surface area contributed by atoms with Crippen molar-refractivity contribution in [3.05, 3.63) is 22.8 Å². The smallest absolute Gasteiger partial charge is 0.274 e. The van der Waals surface area contributed by atoms with Gasteiger partial charge in [0.25, 0.3) is 5.91 Å². The first-order valence-electron chi connectivity index (χ1n) is 7.88. The molecule has 1 fully saturated rings. The van der Waals surface area contributed by atoms with Crippen LogP contribution in [0.25, 0.3) is 0 Å². The molecule has 1 aromatic heterocycles. The highest BCUT2D eigenvalue weighted by atomic mass is 35.5. The van der Waals surface area contributed by atoms with Crippen LogP contribution in [0.15, 0.2) is 12.1 Å². The SMILES string of the molecule is CCNc1ccc(Cl)c(C(=O)N2CCCCCC2CC)n1. The molecule has 21 heavy (non-hydrogen) atoms. The lowest BCUT2D eigenvalue weighted by atomic mass is 10.1. The van der Waals surface area contributed by atoms with Crippen molar-refractivity contribution in [1.82, 2.24) is 9.88 Å². The van der Waals surface area contributed by atoms with Crippen LogP contribution in [0.2, 0.25) is 5.02 Å². The van der Waals surface area contributed by atoms with Gasteiger partial charge in [-0.15, -0.1) is 0 Å². The molecule has 4 nitrogen and oxygen atoms in total. The summed E-state index contributed by atoms with van der Waals surface area (Å²) in [7, 11) is 0. The fraction of sp³-hybridized carbons (Fsp3) is 0.625. The van der Waals surface area contributed by atoms with E-state index in [0.29, 0.717) is 22.6 Å². The average molecular weight is 310 g/mol. The van der Waals surface area contributed by atoms with Gasteiger partial charge in [0.15, 0.2) is 0 Å². The van der Waals surface area contributed by atoms with Gasteiger partial charge in [0, 0.05) is 19.1 Å². The number of hydrogen-bond donors (Lipinski definition) is 1. The zero-order valence-corrected chi connectivity index (χ0v) is 13.6. The van der Waals surface area contributed by atoms with E-state index in [1.54, 1.807) is 6.07 Å². The third-order valence-corrected chi connectivity index (χ3v) is 4.32. The summed E-state index contributed by atoms with van der Waals surface area (Å²) >= 11 is 6.20. The summed E-state index contributed by atoms with van der Waals surface area (Å²) in [6.45, 7) is 5.71. The van der Waals surface area contributed by atoms with Crippen molar-refractivity contribution in [3.8, 4) is 0 Å². The first-order valence-corrected chi connectivity index (χ1v) is 8.26. The first kappa shape index (κ1) is 16.1. The molecule has 0 radical (unpaired) electrons. The normalized spacial score (nSPS) is 19.2. The Bertz CT molecular complexity index is 492. The predicted molar refractivity (Wildman–Crippen MR) is 87.0 cm³/mol. The van der Waals surface area contributed by atoms with Crippen molar-refractivity contribution < 1.29 is 4.79 Å². The highest BCUT2D eigenvalue weighted by Gasteiger charge is 2.27. The number of carbonyl (C=O) groups is 1. The molecule has 116 valence electrons. The van der Waals surface area contributed by atoms with Crippen LogP contribution in [0.1, 0.15) is 56.4 Å². The van der Waals surface area contributed by atoms with E-state index in [4.69, 9.17) is 11.6 Å². The number of hydrogen-bond acceptors (Lipinski definition) is 3. The van der Waals surface area contributed by atoms with Gasteiger partial charge in [0.05, 0.1) is 5.02 Å². The van der Waals surface area contributed by atoms with Crippen LogP contribution < -0.4 is 5.32 Å². The van der Waals surface area contributed by atoms with Gasteiger partial charge >= 0.3 is 0 Å². The number of carbonyl (C=O) groups excluding carboxylic acids is 1. The van der Waals surface area contributed by atoms with E-state index in [2.05, 4.69) is 17.2 Å². The van der Waals surface area contributed by atoms with E-state index in [9.17, 15) is 4.79 Å². The zero-order chi connectivity index (χ0) is 15.2. The zero-order valence-electron chi connectivity index (χ0n) is 12.9. The second kappa shape index (κ2) is 7.64. The molecule has 1 N–H and O–H groups in total. The molecular weight excluding hydrogens is 286 g/mol. The maximum absolute atomic E-state index is 12.9. The van der Waals surface area contributed by atoms with Crippen LogP contribution in [-0.2, 0) is 0 Å². The quantitative estimate of drug-likeness (QED) is 0.915. The number of halogens is 1. The minimum atomic E-state index is -0.0338. The monoisotopic (exact) mass is 309 g/mol. The highest BCUT2D eigenvalue weighted by molar-refractivity contribution is 6.33. The number of nitrogens with zero attached hydrogens (tertiary/aromatic N) is 2. The summed E-state index contributed by atoms with van der Waals surface area (Å²) in [5, 5.41) is 3.56. The van der Waals surface area contributed by atoms with Crippen molar-refractivity contribution in [3.63, 3.8) is 0 Å². The third-order valence-electron chi connectivity index (χ3n) is 4.02. The number of amides is 1. The van der Waals surface area contributed by atoms with Gasteiger partial charge in [-0.3, -0.25) is 4.79 Å². The van der Waals surface area contributed by atoms with Crippen LogP contribution in [0.3, 0.4) is 0 Å². The van der Waals surface area contributed by atoms with Crippen molar-refractivity contribution in [2.75, 3.05) is 18.4 Å². The number of likely N-dealkylation sites (tertiary alicyclic amines) is 1. The highest BCUT2D eigenvalue weighted by Crippen LogP contribution is 2.24. The molecular formula is C16H24ClN3O. The number of nitrogens with one attached hydrogen (secondary N) is 1. The minimum Gasteiger partial charge on any atom is -0.370 e. The molecule has 1 aliphatic rings. The Labute approximate surface area is 131 Å². The van der Waals surface area contributed by atoms with Gasteiger partial charge in [-0.25, -0.2) is 4.98 Å². The van der Waals surface area contributed by atoms with Crippen LogP contribution in [-0.4, -0.2) is 34.9 Å². The second-order valence-electron chi connectivity index (χ2n) is 5.47. The minimum absolute atomic E-state index is 0.0338. The fourth-order valence-corrected chi connectivity index (χ4v) is 3.06. The maximum atomic E-state index is 12.9. The van der Waals surface area contributed by atoms with Gasteiger partial charge in [-0.05, 0) is 38.3 Å². The lowest BCUT2D eigenvalue weighted by Crippen LogP contribution is -2.40. The van der Waals surface area contributed by atoms with E-state index in [1.807, 2.05) is 17.9 Å². The van der Waals surface area contributed by atoms with E-state index in [1.165, 1.54) is 12.8 Å². The van der Waals surface area contributed by atoms with Crippen LogP contribution >= 0.6 is 11.6 Å². The molecule has 0 aromatic carbocycles. The van der Waals surface area contributed by atoms with E-state index >= 15 is 0 Å². The Hall–Kier alpha value is -1.29. The molecule has 0 spiro atoms. The molecule has 1 atom stereocenters. The van der Waals surface area contributed by atoms with Gasteiger partial charge in [0.2, 0.25) is 0 Å². The molecule has 0 bridgehead atoms. The Morgan fingerprint density at radius 2 is 2.19 bits per heavy atom. The van der Waals surface area contributed by atoms with Gasteiger partial charge in [-0.2, -0.15) is 0 Å². The van der Waals surface area contributed by atoms with Crippen molar-refractivity contribution in [2.45, 2.75) is 52.0 Å². The lowest BCUT2D eigenvalue weighted by Gasteiger charge is -2.29. The summed E-state index contributed by atoms with van der Waals surface area (Å²) in [6.07, 6.45) is 5.51. The van der Waals surface area contributed by atoms with Gasteiger partial charge < -0.3 is 10.2 Å². The molecule has 2 heterocycles. The molecule has 1 aliphatic heterocycles. The van der Waals surface area contributed by atoms with E-state index < -0.39 is 0 Å². The second-order valence-corrected chi connectivity index (χ2v) is 5.87. The van der Waals surface area contributed by atoms with Crippen molar-refractivity contribution >= 4 is 23.3 Å². The Morgan fingerprint density at radius 3 is 2.90 bits per heavy atom. The molecule has 1 amide bonds. The van der Waals surface area contributed by atoms with Crippen LogP contribution in [0, 0.1) is 0 Å². The standard InChI is InChI=1S/C16H24ClN3O/c1-3-12-8-6-5-7-11-20(12)16(21)15-13(17)9-10-14(19-15)18-4-2/h9-10,12H,3-8,11H2,1-2H3,(H,18,19). The summed E-state index contributed by atoms with van der Waals surface area (Å²) in [4.78, 5) is 19.2. The molecule has 0 aliphatic carbocycles.